The molecule has 3 aromatic rings. The fourth-order valence-electron chi connectivity index (χ4n) is 4.76. The Morgan fingerprint density at radius 3 is 2.68 bits per heavy atom. The summed E-state index contributed by atoms with van der Waals surface area (Å²) in [5.74, 6) is 7.02. The molecule has 0 radical (unpaired) electrons. The molecular weight excluding hydrogens is 427 g/mol. The maximum Gasteiger partial charge on any atom is 0.250 e. The van der Waals surface area contributed by atoms with Crippen LogP contribution in [0.15, 0.2) is 84.7 Å². The topological polar surface area (TPSA) is 72.9 Å². The number of hydrazine groups is 1. The largest absolute Gasteiger partial charge is 0.269 e. The van der Waals surface area contributed by atoms with Gasteiger partial charge >= 0.3 is 0 Å². The Hall–Kier alpha value is -3.42. The molecule has 1 aliphatic carbocycles. The van der Waals surface area contributed by atoms with Crippen LogP contribution in [-0.2, 0) is 0 Å². The molecule has 0 amide bonds. The molecule has 2 aromatic heterocycles. The van der Waals surface area contributed by atoms with E-state index in [0.29, 0.717) is 12.0 Å². The molecule has 34 heavy (non-hydrogen) atoms. The summed E-state index contributed by atoms with van der Waals surface area (Å²) >= 11 is 0. The predicted molar refractivity (Wildman–Crippen MR) is 131 cm³/mol. The van der Waals surface area contributed by atoms with Crippen molar-refractivity contribution in [1.29, 1.82) is 0 Å². The van der Waals surface area contributed by atoms with Gasteiger partial charge in [-0.05, 0) is 68.5 Å². The maximum absolute atomic E-state index is 13.4. The van der Waals surface area contributed by atoms with E-state index >= 15 is 0 Å². The van der Waals surface area contributed by atoms with Crippen LogP contribution in [0.3, 0.4) is 0 Å². The van der Waals surface area contributed by atoms with E-state index in [1.54, 1.807) is 30.6 Å². The first-order valence-electron chi connectivity index (χ1n) is 11.8. The quantitative estimate of drug-likeness (QED) is 0.522. The number of nitrogens with zero attached hydrogens (tertiary/aromatic N) is 5. The van der Waals surface area contributed by atoms with E-state index in [4.69, 9.17) is 10.9 Å². The van der Waals surface area contributed by atoms with Crippen LogP contribution in [0.25, 0.3) is 17.2 Å². The summed E-state index contributed by atoms with van der Waals surface area (Å²) < 4.78 is 15.3. The molecule has 1 aromatic carbocycles. The Bertz CT molecular complexity index is 1200. The number of hydrogen-bond donors (Lipinski definition) is 1. The van der Waals surface area contributed by atoms with Crippen molar-refractivity contribution in [1.82, 2.24) is 24.8 Å². The van der Waals surface area contributed by atoms with Crippen molar-refractivity contribution >= 4 is 0 Å². The highest BCUT2D eigenvalue weighted by Crippen LogP contribution is 2.34. The second kappa shape index (κ2) is 10.2. The van der Waals surface area contributed by atoms with E-state index in [1.165, 1.54) is 17.7 Å². The van der Waals surface area contributed by atoms with Gasteiger partial charge in [-0.1, -0.05) is 36.0 Å². The van der Waals surface area contributed by atoms with Crippen LogP contribution in [0, 0.1) is 5.82 Å². The highest BCUT2D eigenvalue weighted by atomic mass is 19.1. The van der Waals surface area contributed by atoms with Gasteiger partial charge in [-0.3, -0.25) is 5.84 Å². The highest BCUT2D eigenvalue weighted by molar-refractivity contribution is 5.60. The molecule has 0 bridgehead atoms. The second-order valence-corrected chi connectivity index (χ2v) is 8.89. The van der Waals surface area contributed by atoms with Gasteiger partial charge in [-0.2, -0.15) is 5.10 Å². The number of aromatic nitrogens is 4. The van der Waals surface area contributed by atoms with Gasteiger partial charge in [0, 0.05) is 36.5 Å². The molecule has 5 rings (SSSR count). The molecular formula is C27H29FN6. The Morgan fingerprint density at radius 1 is 1.06 bits per heavy atom. The lowest BCUT2D eigenvalue weighted by molar-refractivity contribution is 0.125. The molecule has 2 atom stereocenters. The van der Waals surface area contributed by atoms with E-state index < -0.39 is 0 Å². The Balaban J connectivity index is 1.35. The second-order valence-electron chi connectivity index (χ2n) is 8.89. The lowest BCUT2D eigenvalue weighted by atomic mass is 9.88. The Kier molecular flexibility index (Phi) is 6.74. The molecule has 0 spiro atoms. The normalized spacial score (nSPS) is 20.8. The Labute approximate surface area is 199 Å². The monoisotopic (exact) mass is 456 g/mol. The number of benzene rings is 1. The number of nitrogens with two attached hydrogens (primary N) is 1. The third-order valence-electron chi connectivity index (χ3n) is 6.63. The Morgan fingerprint density at radius 2 is 1.88 bits per heavy atom. The van der Waals surface area contributed by atoms with Crippen LogP contribution in [0.4, 0.5) is 4.39 Å². The summed E-state index contributed by atoms with van der Waals surface area (Å²) in [5, 5.41) is 6.79. The van der Waals surface area contributed by atoms with Crippen LogP contribution in [-0.4, -0.2) is 37.3 Å². The van der Waals surface area contributed by atoms with Gasteiger partial charge in [0.25, 0.3) is 5.95 Å². The van der Waals surface area contributed by atoms with Gasteiger partial charge in [0.1, 0.15) is 5.82 Å². The summed E-state index contributed by atoms with van der Waals surface area (Å²) in [4.78, 5) is 8.83. The van der Waals surface area contributed by atoms with E-state index in [9.17, 15) is 4.39 Å². The molecule has 1 aliphatic heterocycles. The van der Waals surface area contributed by atoms with Gasteiger partial charge in [0.05, 0.1) is 11.4 Å². The average Bonchev–Trinajstić information content (AvgIpc) is 3.14. The van der Waals surface area contributed by atoms with Gasteiger partial charge in [0.15, 0.2) is 0 Å². The van der Waals surface area contributed by atoms with Crippen LogP contribution >= 0.6 is 0 Å². The third kappa shape index (κ3) is 5.05. The minimum Gasteiger partial charge on any atom is -0.269 e. The summed E-state index contributed by atoms with van der Waals surface area (Å²) in [7, 11) is 0. The number of hydrogen-bond acceptors (Lipinski definition) is 5. The maximum atomic E-state index is 13.4. The number of allylic oxidation sites excluding steroid dienone is 6. The lowest BCUT2D eigenvalue weighted by Gasteiger charge is -2.36. The molecule has 0 saturated carbocycles. The van der Waals surface area contributed by atoms with Crippen LogP contribution < -0.4 is 5.84 Å². The molecule has 174 valence electrons. The number of piperidine rings is 1. The molecule has 3 heterocycles. The van der Waals surface area contributed by atoms with Gasteiger partial charge in [-0.15, -0.1) is 0 Å². The van der Waals surface area contributed by atoms with Crippen molar-refractivity contribution in [3.8, 4) is 17.2 Å². The third-order valence-corrected chi connectivity index (χ3v) is 6.63. The van der Waals surface area contributed by atoms with Crippen molar-refractivity contribution in [2.24, 2.45) is 5.84 Å². The van der Waals surface area contributed by atoms with E-state index in [1.807, 2.05) is 9.69 Å². The van der Waals surface area contributed by atoms with Crippen LogP contribution in [0.2, 0.25) is 0 Å². The minimum atomic E-state index is -0.265. The molecule has 2 aliphatic rings. The van der Waals surface area contributed by atoms with Crippen LogP contribution in [0.1, 0.15) is 43.7 Å². The van der Waals surface area contributed by atoms with Gasteiger partial charge in [-0.25, -0.2) is 24.0 Å². The lowest BCUT2D eigenvalue weighted by Crippen LogP contribution is -2.47. The summed E-state index contributed by atoms with van der Waals surface area (Å²) in [5.41, 5.74) is 4.03. The summed E-state index contributed by atoms with van der Waals surface area (Å²) in [6, 6.07) is 10.6. The number of rotatable bonds is 6. The minimum absolute atomic E-state index is 0.202. The average molecular weight is 457 g/mol. The first kappa shape index (κ1) is 22.4. The van der Waals surface area contributed by atoms with Crippen molar-refractivity contribution in [3.05, 3.63) is 96.3 Å². The zero-order valence-electron chi connectivity index (χ0n) is 19.1. The van der Waals surface area contributed by atoms with E-state index in [2.05, 4.69) is 46.4 Å². The fourth-order valence-corrected chi connectivity index (χ4v) is 4.76. The van der Waals surface area contributed by atoms with Crippen LogP contribution in [0.5, 0.6) is 0 Å². The standard InChI is InChI=1S/C27H29FN6/c28-23-12-9-21(10-13-23)25-18-26(34(32-25)27-30-16-5-17-31-27)22-11-15-24(33(29)19-22)14-8-20-6-3-1-2-4-7-20/h1-3,5-7,9-10,12-13,16-18,22,24H,4,8,11,14-15,19,29H2. The van der Waals surface area contributed by atoms with Crippen molar-refractivity contribution < 1.29 is 4.39 Å². The first-order valence-corrected chi connectivity index (χ1v) is 11.8. The van der Waals surface area contributed by atoms with Gasteiger partial charge < -0.3 is 0 Å². The van der Waals surface area contributed by atoms with Crippen molar-refractivity contribution in [3.63, 3.8) is 0 Å². The first-order chi connectivity index (χ1) is 16.7. The highest BCUT2D eigenvalue weighted by Gasteiger charge is 2.30. The smallest absolute Gasteiger partial charge is 0.250 e. The molecule has 1 fully saturated rings. The number of halogens is 1. The van der Waals surface area contributed by atoms with Crippen molar-refractivity contribution in [2.75, 3.05) is 6.54 Å². The zero-order valence-corrected chi connectivity index (χ0v) is 19.1. The van der Waals surface area contributed by atoms with E-state index in [-0.39, 0.29) is 11.7 Å². The predicted octanol–water partition coefficient (Wildman–Crippen LogP) is 5.11. The summed E-state index contributed by atoms with van der Waals surface area (Å²) in [6.07, 6.45) is 19.4. The molecule has 2 N–H and O–H groups in total. The SMILES string of the molecule is NN1CC(c2cc(-c3ccc(F)cc3)nn2-c2ncccn2)CCC1CCC1=CCC=CC=C1. The zero-order chi connectivity index (χ0) is 23.3. The van der Waals surface area contributed by atoms with Gasteiger partial charge in [0.2, 0.25) is 0 Å². The fraction of sp³-hybridized carbons (Fsp3) is 0.296. The molecule has 7 heteroatoms. The molecule has 2 unspecified atom stereocenters. The van der Waals surface area contributed by atoms with E-state index in [0.717, 1.165) is 55.6 Å². The summed E-state index contributed by atoms with van der Waals surface area (Å²) in [6.45, 7) is 0.739. The van der Waals surface area contributed by atoms with Crippen molar-refractivity contribution in [2.45, 2.75) is 44.1 Å². The molecule has 6 nitrogen and oxygen atoms in total. The molecule has 1 saturated heterocycles.